The molecule has 0 bridgehead atoms. The summed E-state index contributed by atoms with van der Waals surface area (Å²) in [6, 6.07) is 14.5. The zero-order valence-corrected chi connectivity index (χ0v) is 14.0. The maximum absolute atomic E-state index is 5.54. The largest absolute Gasteiger partial charge is 0.459 e. The number of nitrogens with one attached hydrogen (secondary N) is 2. The Morgan fingerprint density at radius 3 is 2.69 bits per heavy atom. The van der Waals surface area contributed by atoms with Gasteiger partial charge in [-0.25, -0.2) is 4.98 Å². The van der Waals surface area contributed by atoms with Crippen LogP contribution in [-0.2, 0) is 0 Å². The molecule has 5 rings (SSSR count). The highest BCUT2D eigenvalue weighted by Gasteiger charge is 2.23. The molecule has 0 spiro atoms. The van der Waals surface area contributed by atoms with Gasteiger partial charge in [-0.15, -0.1) is 0 Å². The lowest BCUT2D eigenvalue weighted by Crippen LogP contribution is -2.06. The summed E-state index contributed by atoms with van der Waals surface area (Å²) in [5.74, 6) is 1.30. The minimum Gasteiger partial charge on any atom is -0.459 e. The molecule has 1 aliphatic carbocycles. The van der Waals surface area contributed by atoms with Crippen LogP contribution in [0.3, 0.4) is 0 Å². The van der Waals surface area contributed by atoms with Crippen molar-refractivity contribution < 1.29 is 4.42 Å². The van der Waals surface area contributed by atoms with Gasteiger partial charge in [-0.3, -0.25) is 4.98 Å². The van der Waals surface area contributed by atoms with E-state index in [4.69, 9.17) is 4.42 Å². The van der Waals surface area contributed by atoms with Crippen LogP contribution in [0.2, 0.25) is 0 Å². The van der Waals surface area contributed by atoms with Crippen molar-refractivity contribution in [2.75, 3.05) is 10.6 Å². The Bertz CT molecular complexity index is 1060. The first-order chi connectivity index (χ1) is 12.8. The van der Waals surface area contributed by atoms with Gasteiger partial charge in [0.2, 0.25) is 5.95 Å². The summed E-state index contributed by atoms with van der Waals surface area (Å²) in [6.45, 7) is 0. The molecule has 6 nitrogen and oxygen atoms in total. The lowest BCUT2D eigenvalue weighted by Gasteiger charge is -2.10. The van der Waals surface area contributed by atoms with E-state index in [1.165, 1.54) is 12.8 Å². The number of nitrogens with zero attached hydrogens (tertiary/aromatic N) is 3. The normalized spacial score (nSPS) is 13.7. The van der Waals surface area contributed by atoms with E-state index in [9.17, 15) is 0 Å². The number of furan rings is 1. The van der Waals surface area contributed by atoms with E-state index in [1.807, 2.05) is 30.3 Å². The van der Waals surface area contributed by atoms with Crippen LogP contribution in [0.5, 0.6) is 0 Å². The number of rotatable bonds is 5. The van der Waals surface area contributed by atoms with Crippen LogP contribution < -0.4 is 10.6 Å². The van der Waals surface area contributed by atoms with Crippen LogP contribution in [0.4, 0.5) is 17.5 Å². The first kappa shape index (κ1) is 14.9. The Balaban J connectivity index is 1.47. The molecule has 0 amide bonds. The Labute approximate surface area is 150 Å². The topological polar surface area (TPSA) is 75.9 Å². The van der Waals surface area contributed by atoms with Gasteiger partial charge in [-0.05, 0) is 48.2 Å². The molecule has 4 aromatic rings. The molecule has 1 aromatic carbocycles. The third kappa shape index (κ3) is 2.97. The van der Waals surface area contributed by atoms with E-state index in [0.29, 0.717) is 17.6 Å². The molecule has 0 radical (unpaired) electrons. The third-order valence-corrected chi connectivity index (χ3v) is 4.35. The summed E-state index contributed by atoms with van der Waals surface area (Å²) in [6.07, 6.45) is 7.57. The fourth-order valence-electron chi connectivity index (χ4n) is 2.89. The number of benzene rings is 1. The van der Waals surface area contributed by atoms with Gasteiger partial charge in [-0.2, -0.15) is 4.98 Å². The zero-order chi connectivity index (χ0) is 17.3. The van der Waals surface area contributed by atoms with E-state index in [0.717, 1.165) is 28.1 Å². The second-order valence-corrected chi connectivity index (χ2v) is 6.39. The summed E-state index contributed by atoms with van der Waals surface area (Å²) >= 11 is 0. The number of aromatic nitrogens is 3. The fourth-order valence-corrected chi connectivity index (χ4v) is 2.89. The molecule has 1 fully saturated rings. The third-order valence-electron chi connectivity index (χ3n) is 4.35. The highest BCUT2D eigenvalue weighted by molar-refractivity contribution is 5.85. The van der Waals surface area contributed by atoms with E-state index >= 15 is 0 Å². The average Bonchev–Trinajstić information content (AvgIpc) is 3.36. The molecule has 2 N–H and O–H groups in total. The quantitative estimate of drug-likeness (QED) is 0.551. The molecule has 26 heavy (non-hydrogen) atoms. The second kappa shape index (κ2) is 6.15. The van der Waals surface area contributed by atoms with E-state index in [1.54, 1.807) is 18.7 Å². The molecule has 1 saturated carbocycles. The van der Waals surface area contributed by atoms with Gasteiger partial charge in [-0.1, -0.05) is 12.1 Å². The molecule has 0 atom stereocenters. The standard InChI is InChI=1S/C20H17N5O/c1-2-14(13-6-9-21-10-7-13)12-16(3-1)23-20-24-17-8-11-26-18(17)19(25-20)22-15-4-5-15/h1-3,6-12,15H,4-5H2,(H2,22,23,24,25). The maximum atomic E-state index is 5.54. The van der Waals surface area contributed by atoms with Crippen LogP contribution in [0.1, 0.15) is 12.8 Å². The minimum atomic E-state index is 0.487. The van der Waals surface area contributed by atoms with Gasteiger partial charge < -0.3 is 15.1 Å². The van der Waals surface area contributed by atoms with Crippen molar-refractivity contribution in [2.24, 2.45) is 0 Å². The van der Waals surface area contributed by atoms with Crippen molar-refractivity contribution in [1.82, 2.24) is 15.0 Å². The molecular formula is C20H17N5O. The van der Waals surface area contributed by atoms with Gasteiger partial charge in [0.1, 0.15) is 5.52 Å². The molecule has 0 aliphatic heterocycles. The number of hydrogen-bond acceptors (Lipinski definition) is 6. The number of fused-ring (bicyclic) bond motifs is 1. The molecule has 3 aromatic heterocycles. The molecular weight excluding hydrogens is 326 g/mol. The number of anilines is 3. The maximum Gasteiger partial charge on any atom is 0.229 e. The predicted molar refractivity (Wildman–Crippen MR) is 101 cm³/mol. The van der Waals surface area contributed by atoms with Crippen molar-refractivity contribution in [2.45, 2.75) is 18.9 Å². The van der Waals surface area contributed by atoms with E-state index in [2.05, 4.69) is 37.7 Å². The van der Waals surface area contributed by atoms with Gasteiger partial charge in [0.25, 0.3) is 0 Å². The summed E-state index contributed by atoms with van der Waals surface area (Å²) in [4.78, 5) is 13.2. The smallest absolute Gasteiger partial charge is 0.229 e. The van der Waals surface area contributed by atoms with Gasteiger partial charge >= 0.3 is 0 Å². The summed E-state index contributed by atoms with van der Waals surface area (Å²) < 4.78 is 5.54. The van der Waals surface area contributed by atoms with Crippen LogP contribution in [-0.4, -0.2) is 21.0 Å². The van der Waals surface area contributed by atoms with Gasteiger partial charge in [0, 0.05) is 30.2 Å². The van der Waals surface area contributed by atoms with E-state index in [-0.39, 0.29) is 0 Å². The van der Waals surface area contributed by atoms with Crippen molar-refractivity contribution in [3.05, 3.63) is 61.1 Å². The molecule has 128 valence electrons. The average molecular weight is 343 g/mol. The summed E-state index contributed by atoms with van der Waals surface area (Å²) in [5, 5.41) is 6.73. The fraction of sp³-hybridized carbons (Fsp3) is 0.150. The molecule has 6 heteroatoms. The zero-order valence-electron chi connectivity index (χ0n) is 14.0. The van der Waals surface area contributed by atoms with Crippen LogP contribution in [0.25, 0.3) is 22.2 Å². The van der Waals surface area contributed by atoms with Crippen molar-refractivity contribution in [3.63, 3.8) is 0 Å². The SMILES string of the molecule is c1cc(Nc2nc(NC3CC3)c3occc3n2)cc(-c2ccncc2)c1. The highest BCUT2D eigenvalue weighted by atomic mass is 16.3. The minimum absolute atomic E-state index is 0.487. The van der Waals surface area contributed by atoms with Crippen LogP contribution in [0, 0.1) is 0 Å². The summed E-state index contributed by atoms with van der Waals surface area (Å²) in [5.41, 5.74) is 4.65. The Morgan fingerprint density at radius 2 is 1.85 bits per heavy atom. The van der Waals surface area contributed by atoms with Crippen molar-refractivity contribution >= 4 is 28.6 Å². The summed E-state index contributed by atoms with van der Waals surface area (Å²) in [7, 11) is 0. The Hall–Kier alpha value is -3.41. The molecule has 0 saturated heterocycles. The lowest BCUT2D eigenvalue weighted by molar-refractivity contribution is 0.614. The number of pyridine rings is 1. The first-order valence-corrected chi connectivity index (χ1v) is 8.64. The van der Waals surface area contributed by atoms with Gasteiger partial charge in [0.05, 0.1) is 6.26 Å². The first-order valence-electron chi connectivity index (χ1n) is 8.64. The molecule has 3 heterocycles. The van der Waals surface area contributed by atoms with Gasteiger partial charge in [0.15, 0.2) is 11.4 Å². The van der Waals surface area contributed by atoms with Crippen LogP contribution >= 0.6 is 0 Å². The monoisotopic (exact) mass is 343 g/mol. The van der Waals surface area contributed by atoms with Crippen molar-refractivity contribution in [3.8, 4) is 11.1 Å². The van der Waals surface area contributed by atoms with Crippen LogP contribution in [0.15, 0.2) is 65.5 Å². The molecule has 0 unspecified atom stereocenters. The lowest BCUT2D eigenvalue weighted by atomic mass is 10.1. The second-order valence-electron chi connectivity index (χ2n) is 6.39. The van der Waals surface area contributed by atoms with Crippen molar-refractivity contribution in [1.29, 1.82) is 0 Å². The predicted octanol–water partition coefficient (Wildman–Crippen LogP) is 4.60. The molecule has 1 aliphatic rings. The highest BCUT2D eigenvalue weighted by Crippen LogP contribution is 2.30. The number of hydrogen-bond donors (Lipinski definition) is 2. The van der Waals surface area contributed by atoms with E-state index < -0.39 is 0 Å². The Kier molecular flexibility index (Phi) is 3.52. The Morgan fingerprint density at radius 1 is 0.962 bits per heavy atom.